The number of ether oxygens (including phenoxy) is 1. The molecule has 2 saturated heterocycles. The summed E-state index contributed by atoms with van der Waals surface area (Å²) in [6.07, 6.45) is 0.0980. The molecule has 2 atom stereocenters. The molecule has 6 nitrogen and oxygen atoms in total. The number of carbonyl (C=O) groups excluding carboxylic acids is 1. The van der Waals surface area contributed by atoms with Crippen molar-refractivity contribution in [3.63, 3.8) is 0 Å². The van der Waals surface area contributed by atoms with Gasteiger partial charge in [-0.1, -0.05) is 0 Å². The Labute approximate surface area is 102 Å². The number of carbonyl (C=O) groups is 1. The molecule has 0 spiro atoms. The Morgan fingerprint density at radius 2 is 2.06 bits per heavy atom. The maximum Gasteiger partial charge on any atom is 0.317 e. The Morgan fingerprint density at radius 3 is 2.71 bits per heavy atom. The lowest BCUT2D eigenvalue weighted by molar-refractivity contribution is -0.0259. The Kier molecular flexibility index (Phi) is 4.20. The second-order valence-corrected chi connectivity index (χ2v) is 4.78. The molecule has 98 valence electrons. The van der Waals surface area contributed by atoms with Crippen molar-refractivity contribution in [1.82, 2.24) is 15.1 Å². The van der Waals surface area contributed by atoms with Crippen LogP contribution in [0.5, 0.6) is 0 Å². The Hall–Kier alpha value is -0.850. The highest BCUT2D eigenvalue weighted by Gasteiger charge is 2.27. The molecule has 2 amide bonds. The van der Waals surface area contributed by atoms with E-state index in [1.165, 1.54) is 0 Å². The number of aliphatic hydroxyl groups excluding tert-OH is 1. The van der Waals surface area contributed by atoms with Crippen LogP contribution in [0.15, 0.2) is 0 Å². The van der Waals surface area contributed by atoms with Gasteiger partial charge in [0.2, 0.25) is 0 Å². The summed E-state index contributed by atoms with van der Waals surface area (Å²) in [5.74, 6) is 0. The van der Waals surface area contributed by atoms with Gasteiger partial charge in [-0.15, -0.1) is 0 Å². The van der Waals surface area contributed by atoms with Crippen molar-refractivity contribution in [2.24, 2.45) is 0 Å². The number of nitrogens with zero attached hydrogens (tertiary/aromatic N) is 2. The number of nitrogens with one attached hydrogen (secondary N) is 1. The van der Waals surface area contributed by atoms with Gasteiger partial charge in [-0.2, -0.15) is 0 Å². The molecule has 6 heteroatoms. The van der Waals surface area contributed by atoms with E-state index in [1.807, 2.05) is 4.90 Å². The number of hydrogen-bond acceptors (Lipinski definition) is 4. The Bertz CT molecular complexity index is 267. The van der Waals surface area contributed by atoms with Crippen LogP contribution >= 0.6 is 0 Å². The van der Waals surface area contributed by atoms with Crippen LogP contribution in [0.4, 0.5) is 4.79 Å². The van der Waals surface area contributed by atoms with Gasteiger partial charge in [-0.3, -0.25) is 0 Å². The van der Waals surface area contributed by atoms with Crippen molar-refractivity contribution in [2.75, 3.05) is 46.4 Å². The first-order valence-corrected chi connectivity index (χ1v) is 6.16. The molecule has 0 aliphatic carbocycles. The highest BCUT2D eigenvalue weighted by Crippen LogP contribution is 2.08. The van der Waals surface area contributed by atoms with Crippen LogP contribution in [0.2, 0.25) is 0 Å². The van der Waals surface area contributed by atoms with Gasteiger partial charge >= 0.3 is 6.03 Å². The summed E-state index contributed by atoms with van der Waals surface area (Å²) >= 11 is 0. The molecule has 2 aliphatic heterocycles. The van der Waals surface area contributed by atoms with E-state index < -0.39 is 6.10 Å². The molecule has 2 N–H and O–H groups in total. The van der Waals surface area contributed by atoms with E-state index in [0.29, 0.717) is 19.6 Å². The minimum Gasteiger partial charge on any atom is -0.389 e. The van der Waals surface area contributed by atoms with Crippen molar-refractivity contribution in [2.45, 2.75) is 18.6 Å². The van der Waals surface area contributed by atoms with E-state index >= 15 is 0 Å². The molecule has 0 aromatic rings. The fourth-order valence-electron chi connectivity index (χ4n) is 2.15. The highest BCUT2D eigenvalue weighted by molar-refractivity contribution is 5.74. The molecule has 0 aromatic carbocycles. The average molecular weight is 243 g/mol. The maximum absolute atomic E-state index is 12.0. The molecular formula is C11H21N3O3. The average Bonchev–Trinajstić information content (AvgIpc) is 2.33. The molecule has 0 unspecified atom stereocenters. The van der Waals surface area contributed by atoms with E-state index in [-0.39, 0.29) is 12.1 Å². The quantitative estimate of drug-likeness (QED) is 0.626. The number of hydrogen-bond donors (Lipinski definition) is 2. The summed E-state index contributed by atoms with van der Waals surface area (Å²) in [4.78, 5) is 16.0. The summed E-state index contributed by atoms with van der Waals surface area (Å²) in [6.45, 7) is 4.23. The Balaban J connectivity index is 1.79. The zero-order valence-electron chi connectivity index (χ0n) is 10.3. The third-order valence-corrected chi connectivity index (χ3v) is 3.43. The molecule has 0 bridgehead atoms. The molecule has 2 fully saturated rings. The fourth-order valence-corrected chi connectivity index (χ4v) is 2.15. The summed E-state index contributed by atoms with van der Waals surface area (Å²) in [6, 6.07) is -0.236. The van der Waals surface area contributed by atoms with Gasteiger partial charge in [0.1, 0.15) is 0 Å². The topological polar surface area (TPSA) is 65.0 Å². The Morgan fingerprint density at radius 1 is 1.35 bits per heavy atom. The van der Waals surface area contributed by atoms with Crippen LogP contribution < -0.4 is 5.32 Å². The van der Waals surface area contributed by atoms with Crippen molar-refractivity contribution < 1.29 is 14.6 Å². The lowest BCUT2D eigenvalue weighted by Gasteiger charge is -2.35. The third kappa shape index (κ3) is 3.31. The van der Waals surface area contributed by atoms with Gasteiger partial charge in [0.25, 0.3) is 0 Å². The van der Waals surface area contributed by atoms with Crippen molar-refractivity contribution in [3.8, 4) is 0 Å². The van der Waals surface area contributed by atoms with Gasteiger partial charge in [-0.25, -0.2) is 4.79 Å². The number of aliphatic hydroxyl groups is 1. The molecule has 0 saturated carbocycles. The minimum atomic E-state index is -0.583. The van der Waals surface area contributed by atoms with Crippen LogP contribution in [0.25, 0.3) is 0 Å². The number of rotatable bonds is 1. The van der Waals surface area contributed by atoms with Crippen molar-refractivity contribution in [1.29, 1.82) is 0 Å². The van der Waals surface area contributed by atoms with E-state index in [0.717, 1.165) is 26.2 Å². The number of amides is 2. The largest absolute Gasteiger partial charge is 0.389 e. The summed E-state index contributed by atoms with van der Waals surface area (Å²) in [5, 5.41) is 12.6. The molecular weight excluding hydrogens is 222 g/mol. The van der Waals surface area contributed by atoms with E-state index in [1.54, 1.807) is 0 Å². The van der Waals surface area contributed by atoms with Gasteiger partial charge in [0.05, 0.1) is 18.8 Å². The summed E-state index contributed by atoms with van der Waals surface area (Å²) in [5.41, 5.74) is 0. The van der Waals surface area contributed by atoms with Crippen LogP contribution in [0.1, 0.15) is 6.42 Å². The predicted molar refractivity (Wildman–Crippen MR) is 62.8 cm³/mol. The summed E-state index contributed by atoms with van der Waals surface area (Å²) < 4.78 is 5.13. The molecule has 0 aromatic heterocycles. The zero-order valence-corrected chi connectivity index (χ0v) is 10.3. The predicted octanol–water partition coefficient (Wildman–Crippen LogP) is -0.907. The van der Waals surface area contributed by atoms with Gasteiger partial charge in [-0.05, 0) is 13.5 Å². The third-order valence-electron chi connectivity index (χ3n) is 3.43. The standard InChI is InChI=1S/C11H21N3O3/c1-13-3-5-14(6-4-13)11(16)12-9-2-7-17-8-10(9)15/h9-10,15H,2-8H2,1H3,(H,12,16)/t9-,10-/m1/s1. The van der Waals surface area contributed by atoms with Gasteiger partial charge in [0, 0.05) is 32.8 Å². The van der Waals surface area contributed by atoms with Crippen LogP contribution in [0, 0.1) is 0 Å². The van der Waals surface area contributed by atoms with E-state index in [9.17, 15) is 9.90 Å². The first-order chi connectivity index (χ1) is 8.16. The molecule has 17 heavy (non-hydrogen) atoms. The molecule has 0 radical (unpaired) electrons. The number of piperazine rings is 1. The molecule has 2 heterocycles. The minimum absolute atomic E-state index is 0.0657. The van der Waals surface area contributed by atoms with Crippen molar-refractivity contribution >= 4 is 6.03 Å². The molecule has 2 rings (SSSR count). The first-order valence-electron chi connectivity index (χ1n) is 6.16. The van der Waals surface area contributed by atoms with Crippen LogP contribution in [-0.4, -0.2) is 79.5 Å². The van der Waals surface area contributed by atoms with E-state index in [2.05, 4.69) is 17.3 Å². The SMILES string of the molecule is CN1CCN(C(=O)N[C@@H]2CCOC[C@H]2O)CC1. The van der Waals surface area contributed by atoms with Crippen molar-refractivity contribution in [3.05, 3.63) is 0 Å². The van der Waals surface area contributed by atoms with E-state index in [4.69, 9.17) is 4.74 Å². The lowest BCUT2D eigenvalue weighted by Crippen LogP contribution is -2.56. The zero-order chi connectivity index (χ0) is 12.3. The monoisotopic (exact) mass is 243 g/mol. The van der Waals surface area contributed by atoms with Crippen LogP contribution in [-0.2, 0) is 4.74 Å². The van der Waals surface area contributed by atoms with Gasteiger partial charge in [0.15, 0.2) is 0 Å². The lowest BCUT2D eigenvalue weighted by atomic mass is 10.1. The smallest absolute Gasteiger partial charge is 0.317 e. The molecule has 2 aliphatic rings. The second-order valence-electron chi connectivity index (χ2n) is 4.78. The second kappa shape index (κ2) is 5.66. The van der Waals surface area contributed by atoms with Crippen LogP contribution in [0.3, 0.4) is 0 Å². The fraction of sp³-hybridized carbons (Fsp3) is 0.909. The van der Waals surface area contributed by atoms with Gasteiger partial charge < -0.3 is 25.0 Å². The summed E-state index contributed by atoms with van der Waals surface area (Å²) in [7, 11) is 2.05. The normalized spacial score (nSPS) is 31.3. The highest BCUT2D eigenvalue weighted by atomic mass is 16.5. The maximum atomic E-state index is 12.0. The number of likely N-dealkylation sites (N-methyl/N-ethyl adjacent to an activating group) is 1. The number of urea groups is 1. The first kappa shape index (κ1) is 12.6.